The Morgan fingerprint density at radius 3 is 2.45 bits per heavy atom. The number of benzene rings is 2. The van der Waals surface area contributed by atoms with E-state index in [4.69, 9.17) is 5.11 Å². The average molecular weight is 269 g/mol. The van der Waals surface area contributed by atoms with Crippen LogP contribution in [0.15, 0.2) is 42.5 Å². The molecular formula is C17H19NO2. The number of carboxylic acids is 1. The van der Waals surface area contributed by atoms with Gasteiger partial charge in [0, 0.05) is 12.2 Å². The lowest BCUT2D eigenvalue weighted by Gasteiger charge is -2.13. The van der Waals surface area contributed by atoms with Gasteiger partial charge in [0.2, 0.25) is 0 Å². The lowest BCUT2D eigenvalue weighted by molar-refractivity contribution is -0.136. The standard InChI is InChI=1S/C17H19NO2/c1-12-6-5-9-16(13(12)2)18-11-15-8-4-3-7-14(15)10-17(19)20/h3-9,18H,10-11H2,1-2H3,(H,19,20). The van der Waals surface area contributed by atoms with Gasteiger partial charge in [-0.2, -0.15) is 0 Å². The van der Waals surface area contributed by atoms with Crippen molar-refractivity contribution in [2.24, 2.45) is 0 Å². The SMILES string of the molecule is Cc1cccc(NCc2ccccc2CC(=O)O)c1C. The zero-order valence-electron chi connectivity index (χ0n) is 11.8. The summed E-state index contributed by atoms with van der Waals surface area (Å²) in [7, 11) is 0. The maximum absolute atomic E-state index is 10.9. The molecule has 2 N–H and O–H groups in total. The Morgan fingerprint density at radius 2 is 1.75 bits per heavy atom. The molecule has 0 aliphatic heterocycles. The second-order valence-corrected chi connectivity index (χ2v) is 4.94. The average Bonchev–Trinajstić information content (AvgIpc) is 2.41. The van der Waals surface area contributed by atoms with Gasteiger partial charge in [-0.1, -0.05) is 36.4 Å². The Hall–Kier alpha value is -2.29. The van der Waals surface area contributed by atoms with Crippen LogP contribution < -0.4 is 5.32 Å². The molecule has 0 spiro atoms. The minimum Gasteiger partial charge on any atom is -0.481 e. The minimum atomic E-state index is -0.802. The summed E-state index contributed by atoms with van der Waals surface area (Å²) in [5, 5.41) is 12.3. The summed E-state index contributed by atoms with van der Waals surface area (Å²) in [5.74, 6) is -0.802. The number of carbonyl (C=O) groups is 1. The third-order valence-corrected chi connectivity index (χ3v) is 3.53. The Labute approximate surface area is 119 Å². The summed E-state index contributed by atoms with van der Waals surface area (Å²) < 4.78 is 0. The van der Waals surface area contributed by atoms with Crippen molar-refractivity contribution >= 4 is 11.7 Å². The van der Waals surface area contributed by atoms with E-state index in [1.54, 1.807) is 0 Å². The molecule has 3 nitrogen and oxygen atoms in total. The van der Waals surface area contributed by atoms with Crippen LogP contribution in [-0.4, -0.2) is 11.1 Å². The molecule has 20 heavy (non-hydrogen) atoms. The fourth-order valence-electron chi connectivity index (χ4n) is 2.20. The Morgan fingerprint density at radius 1 is 1.05 bits per heavy atom. The van der Waals surface area contributed by atoms with Gasteiger partial charge in [-0.05, 0) is 42.2 Å². The molecule has 2 aromatic carbocycles. The fraction of sp³-hybridized carbons (Fsp3) is 0.235. The summed E-state index contributed by atoms with van der Waals surface area (Å²) >= 11 is 0. The van der Waals surface area contributed by atoms with Crippen LogP contribution in [0, 0.1) is 13.8 Å². The highest BCUT2D eigenvalue weighted by Gasteiger charge is 2.07. The largest absolute Gasteiger partial charge is 0.481 e. The zero-order chi connectivity index (χ0) is 14.5. The molecule has 0 aliphatic carbocycles. The lowest BCUT2D eigenvalue weighted by Crippen LogP contribution is -2.08. The molecule has 0 unspecified atom stereocenters. The first-order chi connectivity index (χ1) is 9.58. The smallest absolute Gasteiger partial charge is 0.307 e. The first-order valence-electron chi connectivity index (χ1n) is 6.66. The molecule has 0 aliphatic rings. The molecule has 0 fully saturated rings. The number of aryl methyl sites for hydroxylation is 1. The molecular weight excluding hydrogens is 250 g/mol. The van der Waals surface area contributed by atoms with E-state index in [0.29, 0.717) is 6.54 Å². The quantitative estimate of drug-likeness (QED) is 0.872. The topological polar surface area (TPSA) is 49.3 Å². The van der Waals surface area contributed by atoms with E-state index < -0.39 is 5.97 Å². The minimum absolute atomic E-state index is 0.0602. The maximum Gasteiger partial charge on any atom is 0.307 e. The van der Waals surface area contributed by atoms with Crippen LogP contribution >= 0.6 is 0 Å². The second-order valence-electron chi connectivity index (χ2n) is 4.94. The Bertz CT molecular complexity index is 620. The fourth-order valence-corrected chi connectivity index (χ4v) is 2.20. The normalized spacial score (nSPS) is 10.3. The number of carboxylic acid groups (broad SMARTS) is 1. The zero-order valence-corrected chi connectivity index (χ0v) is 11.8. The van der Waals surface area contributed by atoms with Crippen LogP contribution in [0.3, 0.4) is 0 Å². The van der Waals surface area contributed by atoms with Gasteiger partial charge in [0.15, 0.2) is 0 Å². The number of nitrogens with one attached hydrogen (secondary N) is 1. The monoisotopic (exact) mass is 269 g/mol. The van der Waals surface area contributed by atoms with E-state index in [2.05, 4.69) is 25.2 Å². The van der Waals surface area contributed by atoms with Crippen molar-refractivity contribution in [1.29, 1.82) is 0 Å². The molecule has 104 valence electrons. The molecule has 0 bridgehead atoms. The summed E-state index contributed by atoms with van der Waals surface area (Å²) in [6.45, 7) is 4.80. The third-order valence-electron chi connectivity index (χ3n) is 3.53. The Kier molecular flexibility index (Phi) is 4.41. The van der Waals surface area contributed by atoms with Crippen LogP contribution in [0.2, 0.25) is 0 Å². The van der Waals surface area contributed by atoms with Crippen molar-refractivity contribution in [2.75, 3.05) is 5.32 Å². The maximum atomic E-state index is 10.9. The molecule has 0 aromatic heterocycles. The van der Waals surface area contributed by atoms with Gasteiger partial charge in [-0.3, -0.25) is 4.79 Å². The van der Waals surface area contributed by atoms with Crippen molar-refractivity contribution < 1.29 is 9.90 Å². The van der Waals surface area contributed by atoms with Crippen LogP contribution in [0.1, 0.15) is 22.3 Å². The van der Waals surface area contributed by atoms with Crippen LogP contribution in [-0.2, 0) is 17.8 Å². The van der Waals surface area contributed by atoms with Gasteiger partial charge >= 0.3 is 5.97 Å². The van der Waals surface area contributed by atoms with Gasteiger partial charge in [0.25, 0.3) is 0 Å². The van der Waals surface area contributed by atoms with Crippen molar-refractivity contribution in [3.8, 4) is 0 Å². The van der Waals surface area contributed by atoms with Crippen LogP contribution in [0.25, 0.3) is 0 Å². The summed E-state index contributed by atoms with van der Waals surface area (Å²) in [5.41, 5.74) is 5.45. The highest BCUT2D eigenvalue weighted by atomic mass is 16.4. The van der Waals surface area contributed by atoms with Crippen LogP contribution in [0.4, 0.5) is 5.69 Å². The van der Waals surface area contributed by atoms with Crippen molar-refractivity contribution in [1.82, 2.24) is 0 Å². The Balaban J connectivity index is 2.15. The molecule has 0 atom stereocenters. The molecule has 0 heterocycles. The van der Waals surface area contributed by atoms with Gasteiger partial charge < -0.3 is 10.4 Å². The van der Waals surface area contributed by atoms with E-state index >= 15 is 0 Å². The van der Waals surface area contributed by atoms with Crippen molar-refractivity contribution in [3.05, 3.63) is 64.7 Å². The van der Waals surface area contributed by atoms with E-state index in [-0.39, 0.29) is 6.42 Å². The lowest BCUT2D eigenvalue weighted by atomic mass is 10.0. The van der Waals surface area contributed by atoms with Gasteiger partial charge in [-0.15, -0.1) is 0 Å². The summed E-state index contributed by atoms with van der Waals surface area (Å²) in [4.78, 5) is 10.9. The van der Waals surface area contributed by atoms with Gasteiger partial charge in [-0.25, -0.2) is 0 Å². The second kappa shape index (κ2) is 6.24. The first-order valence-corrected chi connectivity index (χ1v) is 6.66. The molecule has 2 rings (SSSR count). The van der Waals surface area contributed by atoms with Gasteiger partial charge in [0.05, 0.1) is 6.42 Å². The molecule has 0 radical (unpaired) electrons. The molecule has 0 saturated heterocycles. The highest BCUT2D eigenvalue weighted by molar-refractivity contribution is 5.70. The van der Waals surface area contributed by atoms with Crippen LogP contribution in [0.5, 0.6) is 0 Å². The number of hydrogen-bond donors (Lipinski definition) is 2. The van der Waals surface area contributed by atoms with E-state index in [1.165, 1.54) is 11.1 Å². The number of hydrogen-bond acceptors (Lipinski definition) is 2. The van der Waals surface area contributed by atoms with Gasteiger partial charge in [0.1, 0.15) is 0 Å². The first kappa shape index (κ1) is 14.1. The number of anilines is 1. The number of rotatable bonds is 5. The molecule has 2 aromatic rings. The van der Waals surface area contributed by atoms with Crippen molar-refractivity contribution in [3.63, 3.8) is 0 Å². The highest BCUT2D eigenvalue weighted by Crippen LogP contribution is 2.19. The molecule has 0 amide bonds. The predicted molar refractivity (Wildman–Crippen MR) is 81.0 cm³/mol. The van der Waals surface area contributed by atoms with E-state index in [9.17, 15) is 4.79 Å². The van der Waals surface area contributed by atoms with Crippen molar-refractivity contribution in [2.45, 2.75) is 26.8 Å². The number of aliphatic carboxylic acids is 1. The van der Waals surface area contributed by atoms with E-state index in [0.717, 1.165) is 16.8 Å². The predicted octanol–water partition coefficient (Wildman–Crippen LogP) is 3.54. The molecule has 0 saturated carbocycles. The summed E-state index contributed by atoms with van der Waals surface area (Å²) in [6.07, 6.45) is 0.0602. The summed E-state index contributed by atoms with van der Waals surface area (Å²) in [6, 6.07) is 13.8. The third kappa shape index (κ3) is 3.38. The molecule has 3 heteroatoms. The van der Waals surface area contributed by atoms with E-state index in [1.807, 2.05) is 36.4 Å².